The largest absolute Gasteiger partial charge is 0.349 e. The van der Waals surface area contributed by atoms with Crippen LogP contribution in [-0.2, 0) is 0 Å². The van der Waals surface area contributed by atoms with Crippen molar-refractivity contribution in [1.82, 2.24) is 15.5 Å². The molecule has 5 nitrogen and oxygen atoms in total. The van der Waals surface area contributed by atoms with E-state index in [1.165, 1.54) is 31.4 Å². The summed E-state index contributed by atoms with van der Waals surface area (Å²) < 4.78 is 13.1. The van der Waals surface area contributed by atoms with Crippen molar-refractivity contribution < 1.29 is 14.0 Å². The van der Waals surface area contributed by atoms with Crippen LogP contribution < -0.4 is 10.6 Å². The summed E-state index contributed by atoms with van der Waals surface area (Å²) in [5, 5.41) is 6.17. The predicted octanol–water partition coefficient (Wildman–Crippen LogP) is 3.72. The minimum absolute atomic E-state index is 0.00301. The number of amides is 3. The van der Waals surface area contributed by atoms with E-state index in [0.717, 1.165) is 18.9 Å². The molecule has 1 heterocycles. The van der Waals surface area contributed by atoms with Gasteiger partial charge in [0.25, 0.3) is 5.91 Å². The highest BCUT2D eigenvalue weighted by molar-refractivity contribution is 6.33. The quantitative estimate of drug-likeness (QED) is 0.838. The first-order chi connectivity index (χ1) is 12.5. The lowest BCUT2D eigenvalue weighted by Crippen LogP contribution is -2.51. The van der Waals surface area contributed by atoms with Crippen LogP contribution in [0.25, 0.3) is 0 Å². The van der Waals surface area contributed by atoms with Crippen LogP contribution in [0.15, 0.2) is 18.2 Å². The molecule has 1 saturated carbocycles. The Morgan fingerprint density at radius 2 is 1.65 bits per heavy atom. The first kappa shape index (κ1) is 19.0. The fraction of sp³-hybridized carbons (Fsp3) is 0.579. The van der Waals surface area contributed by atoms with Gasteiger partial charge in [0.2, 0.25) is 0 Å². The van der Waals surface area contributed by atoms with Crippen molar-refractivity contribution in [3.05, 3.63) is 34.6 Å². The summed E-state index contributed by atoms with van der Waals surface area (Å²) in [6.07, 6.45) is 7.16. The molecule has 142 valence electrons. The highest BCUT2D eigenvalue weighted by Gasteiger charge is 2.26. The average Bonchev–Trinajstić information content (AvgIpc) is 2.63. The molecular weight excluding hydrogens is 357 g/mol. The number of rotatable bonds is 3. The van der Waals surface area contributed by atoms with Crippen molar-refractivity contribution in [2.24, 2.45) is 0 Å². The van der Waals surface area contributed by atoms with Gasteiger partial charge in [0.15, 0.2) is 0 Å². The third-order valence-electron chi connectivity index (χ3n) is 5.23. The van der Waals surface area contributed by atoms with Crippen LogP contribution in [0.4, 0.5) is 9.18 Å². The maximum atomic E-state index is 13.1. The summed E-state index contributed by atoms with van der Waals surface area (Å²) >= 11 is 5.94. The predicted molar refractivity (Wildman–Crippen MR) is 98.9 cm³/mol. The van der Waals surface area contributed by atoms with E-state index in [4.69, 9.17) is 11.6 Å². The molecule has 0 bridgehead atoms. The van der Waals surface area contributed by atoms with E-state index < -0.39 is 5.82 Å². The fourth-order valence-corrected chi connectivity index (χ4v) is 3.93. The number of carbonyl (C=O) groups excluding carboxylic acids is 2. The topological polar surface area (TPSA) is 61.4 Å². The summed E-state index contributed by atoms with van der Waals surface area (Å²) in [5.74, 6) is -0.774. The van der Waals surface area contributed by atoms with Crippen molar-refractivity contribution in [1.29, 1.82) is 0 Å². The zero-order valence-electron chi connectivity index (χ0n) is 14.8. The summed E-state index contributed by atoms with van der Waals surface area (Å²) in [5.41, 5.74) is 0.269. The average molecular weight is 382 g/mol. The molecule has 3 amide bonds. The van der Waals surface area contributed by atoms with Gasteiger partial charge in [0.1, 0.15) is 5.82 Å². The lowest BCUT2D eigenvalue weighted by Gasteiger charge is -2.34. The molecule has 0 radical (unpaired) electrons. The molecule has 0 spiro atoms. The van der Waals surface area contributed by atoms with E-state index in [1.807, 2.05) is 4.90 Å². The molecule has 3 rings (SSSR count). The second-order valence-corrected chi connectivity index (χ2v) is 7.55. The first-order valence-corrected chi connectivity index (χ1v) is 9.72. The van der Waals surface area contributed by atoms with Crippen molar-refractivity contribution in [3.8, 4) is 0 Å². The molecule has 1 aliphatic carbocycles. The van der Waals surface area contributed by atoms with Crippen molar-refractivity contribution in [3.63, 3.8) is 0 Å². The Kier molecular flexibility index (Phi) is 6.35. The molecule has 1 saturated heterocycles. The number of urea groups is 1. The van der Waals surface area contributed by atoms with Gasteiger partial charge in [0, 0.05) is 25.2 Å². The second kappa shape index (κ2) is 8.71. The van der Waals surface area contributed by atoms with Crippen LogP contribution in [-0.4, -0.2) is 42.0 Å². The molecule has 0 unspecified atom stereocenters. The lowest BCUT2D eigenvalue weighted by atomic mass is 9.95. The number of benzene rings is 1. The van der Waals surface area contributed by atoms with Gasteiger partial charge in [-0.2, -0.15) is 0 Å². The summed E-state index contributed by atoms with van der Waals surface area (Å²) in [6, 6.07) is 4.04. The summed E-state index contributed by atoms with van der Waals surface area (Å²) in [4.78, 5) is 26.5. The monoisotopic (exact) mass is 381 g/mol. The van der Waals surface area contributed by atoms with Gasteiger partial charge in [-0.1, -0.05) is 30.9 Å². The molecule has 7 heteroatoms. The Labute approximate surface area is 158 Å². The standard InChI is InChI=1S/C19H25ClFN3O2/c20-17-12-13(21)6-7-16(17)18(25)22-15-8-10-24(11-9-15)19(26)23-14-4-2-1-3-5-14/h6-7,12,14-15H,1-5,8-11H2,(H,22,25)(H,23,26). The van der Waals surface area contributed by atoms with E-state index in [2.05, 4.69) is 10.6 Å². The molecule has 1 aromatic carbocycles. The Morgan fingerprint density at radius 1 is 1.00 bits per heavy atom. The highest BCUT2D eigenvalue weighted by atomic mass is 35.5. The lowest BCUT2D eigenvalue weighted by molar-refractivity contribution is 0.0917. The number of likely N-dealkylation sites (tertiary alicyclic amines) is 1. The SMILES string of the molecule is O=C(NC1CCN(C(=O)NC2CCCCC2)CC1)c1ccc(F)cc1Cl. The van der Waals surface area contributed by atoms with Gasteiger partial charge in [-0.15, -0.1) is 0 Å². The fourth-order valence-electron chi connectivity index (χ4n) is 3.68. The van der Waals surface area contributed by atoms with Gasteiger partial charge in [-0.05, 0) is 43.9 Å². The number of hydrogen-bond donors (Lipinski definition) is 2. The summed E-state index contributed by atoms with van der Waals surface area (Å²) in [6.45, 7) is 1.22. The molecule has 26 heavy (non-hydrogen) atoms. The number of halogens is 2. The zero-order chi connectivity index (χ0) is 18.5. The smallest absolute Gasteiger partial charge is 0.317 e. The van der Waals surface area contributed by atoms with E-state index in [9.17, 15) is 14.0 Å². The molecule has 1 aliphatic heterocycles. The van der Waals surface area contributed by atoms with Gasteiger partial charge in [0.05, 0.1) is 10.6 Å². The van der Waals surface area contributed by atoms with Crippen LogP contribution in [0, 0.1) is 5.82 Å². The zero-order valence-corrected chi connectivity index (χ0v) is 15.5. The molecule has 0 atom stereocenters. The Morgan fingerprint density at radius 3 is 2.31 bits per heavy atom. The van der Waals surface area contributed by atoms with Crippen LogP contribution in [0.1, 0.15) is 55.3 Å². The van der Waals surface area contributed by atoms with Crippen molar-refractivity contribution in [2.45, 2.75) is 57.0 Å². The normalized spacial score (nSPS) is 19.2. The van der Waals surface area contributed by atoms with E-state index in [1.54, 1.807) is 0 Å². The third kappa shape index (κ3) is 4.87. The van der Waals surface area contributed by atoms with E-state index in [0.29, 0.717) is 32.0 Å². The maximum Gasteiger partial charge on any atom is 0.317 e. The van der Waals surface area contributed by atoms with Gasteiger partial charge in [-0.3, -0.25) is 4.79 Å². The molecule has 2 N–H and O–H groups in total. The molecular formula is C19H25ClFN3O2. The number of carbonyl (C=O) groups is 2. The van der Waals surface area contributed by atoms with Crippen molar-refractivity contribution >= 4 is 23.5 Å². The van der Waals surface area contributed by atoms with Gasteiger partial charge < -0.3 is 15.5 Å². The minimum atomic E-state index is -0.469. The highest BCUT2D eigenvalue weighted by Crippen LogP contribution is 2.20. The van der Waals surface area contributed by atoms with Crippen LogP contribution in [0.2, 0.25) is 5.02 Å². The van der Waals surface area contributed by atoms with Crippen LogP contribution in [0.3, 0.4) is 0 Å². The Hall–Kier alpha value is -1.82. The number of nitrogens with zero attached hydrogens (tertiary/aromatic N) is 1. The van der Waals surface area contributed by atoms with E-state index >= 15 is 0 Å². The third-order valence-corrected chi connectivity index (χ3v) is 5.54. The number of piperidine rings is 1. The minimum Gasteiger partial charge on any atom is -0.349 e. The Balaban J connectivity index is 1.45. The van der Waals surface area contributed by atoms with Crippen molar-refractivity contribution in [2.75, 3.05) is 13.1 Å². The number of nitrogens with one attached hydrogen (secondary N) is 2. The number of hydrogen-bond acceptors (Lipinski definition) is 2. The van der Waals surface area contributed by atoms with Gasteiger partial charge >= 0.3 is 6.03 Å². The van der Waals surface area contributed by atoms with Gasteiger partial charge in [-0.25, -0.2) is 9.18 Å². The van der Waals surface area contributed by atoms with Crippen LogP contribution >= 0.6 is 11.6 Å². The van der Waals surface area contributed by atoms with Crippen LogP contribution in [0.5, 0.6) is 0 Å². The first-order valence-electron chi connectivity index (χ1n) is 9.34. The molecule has 1 aromatic rings. The summed E-state index contributed by atoms with van der Waals surface area (Å²) in [7, 11) is 0. The molecule has 0 aromatic heterocycles. The van der Waals surface area contributed by atoms with E-state index in [-0.39, 0.29) is 28.6 Å². The molecule has 2 aliphatic rings. The Bertz CT molecular complexity index is 656. The molecule has 2 fully saturated rings. The maximum absolute atomic E-state index is 13.1. The second-order valence-electron chi connectivity index (χ2n) is 7.14.